The van der Waals surface area contributed by atoms with Gasteiger partial charge in [-0.3, -0.25) is 0 Å². The van der Waals surface area contributed by atoms with Crippen LogP contribution in [0.1, 0.15) is 105 Å². The van der Waals surface area contributed by atoms with E-state index in [1.807, 2.05) is 0 Å². The predicted molar refractivity (Wildman–Crippen MR) is 150 cm³/mol. The summed E-state index contributed by atoms with van der Waals surface area (Å²) < 4.78 is 24.2. The standard InChI is InChI=1S/C34H49FO3/c1-22(2)7-6-8-23(3)29-15-16-30-28-14-9-24-21-27(38-32(36)37-26-12-10-25(35)11-13-26)17-19-33(24,4)31(28)18-20-34(29,30)5/h9-13,22-23,27-31H,6-8,14-21H2,1-5H3/t23-,27+,28-,29+,30+,31-,33+,34-/m1/s1. The van der Waals surface area contributed by atoms with Gasteiger partial charge in [-0.05, 0) is 116 Å². The molecule has 1 aromatic rings. The number of allylic oxidation sites excluding steroid dienone is 1. The minimum Gasteiger partial charge on any atom is -0.430 e. The number of hydrogen-bond acceptors (Lipinski definition) is 3. The molecule has 8 atom stereocenters. The minimum atomic E-state index is -0.688. The van der Waals surface area contributed by atoms with E-state index >= 15 is 0 Å². The lowest BCUT2D eigenvalue weighted by atomic mass is 9.47. The molecule has 3 nitrogen and oxygen atoms in total. The molecule has 4 heteroatoms. The Hall–Kier alpha value is -1.84. The van der Waals surface area contributed by atoms with E-state index in [1.165, 1.54) is 81.2 Å². The molecule has 0 aliphatic heterocycles. The van der Waals surface area contributed by atoms with Crippen molar-refractivity contribution in [1.29, 1.82) is 0 Å². The highest BCUT2D eigenvalue weighted by Crippen LogP contribution is 2.67. The van der Waals surface area contributed by atoms with Crippen molar-refractivity contribution in [3.63, 3.8) is 0 Å². The number of carbonyl (C=O) groups excluding carboxylic acids is 1. The van der Waals surface area contributed by atoms with Gasteiger partial charge in [0.25, 0.3) is 0 Å². The Morgan fingerprint density at radius 3 is 2.50 bits per heavy atom. The zero-order chi connectivity index (χ0) is 27.1. The summed E-state index contributed by atoms with van der Waals surface area (Å²) in [4.78, 5) is 12.4. The number of rotatable bonds is 7. The lowest BCUT2D eigenvalue weighted by Crippen LogP contribution is -2.51. The van der Waals surface area contributed by atoms with Gasteiger partial charge in [0.2, 0.25) is 0 Å². The van der Waals surface area contributed by atoms with Gasteiger partial charge in [0, 0.05) is 6.42 Å². The van der Waals surface area contributed by atoms with E-state index in [-0.39, 0.29) is 17.3 Å². The molecular formula is C34H49FO3. The van der Waals surface area contributed by atoms with E-state index in [2.05, 4.69) is 40.7 Å². The summed E-state index contributed by atoms with van der Waals surface area (Å²) >= 11 is 0. The van der Waals surface area contributed by atoms with Gasteiger partial charge >= 0.3 is 6.16 Å². The molecular weight excluding hydrogens is 475 g/mol. The molecule has 4 aliphatic carbocycles. The molecule has 0 aromatic heterocycles. The SMILES string of the molecule is CC(C)CCC[C@@H](C)[C@@H]1CC[C@H]2[C@H]3CC=C4C[C@@H](OC(=O)Oc5ccc(F)cc5)CC[C@]4(C)[C@@H]3CC[C@@]21C. The van der Waals surface area contributed by atoms with Gasteiger partial charge < -0.3 is 9.47 Å². The molecule has 3 saturated carbocycles. The molecule has 0 N–H and O–H groups in total. The molecule has 0 saturated heterocycles. The topological polar surface area (TPSA) is 35.5 Å². The lowest BCUT2D eigenvalue weighted by molar-refractivity contribution is -0.0597. The van der Waals surface area contributed by atoms with Crippen LogP contribution in [0.2, 0.25) is 0 Å². The van der Waals surface area contributed by atoms with Crippen LogP contribution in [-0.4, -0.2) is 12.3 Å². The fraction of sp³-hybridized carbons (Fsp3) is 0.735. The maximum Gasteiger partial charge on any atom is 0.514 e. The van der Waals surface area contributed by atoms with Crippen LogP contribution in [0.4, 0.5) is 9.18 Å². The van der Waals surface area contributed by atoms with Gasteiger partial charge in [-0.2, -0.15) is 0 Å². The normalized spacial score (nSPS) is 37.0. The van der Waals surface area contributed by atoms with Crippen molar-refractivity contribution in [2.75, 3.05) is 0 Å². The zero-order valence-electron chi connectivity index (χ0n) is 24.3. The van der Waals surface area contributed by atoms with Crippen LogP contribution in [0.25, 0.3) is 0 Å². The second kappa shape index (κ2) is 11.0. The van der Waals surface area contributed by atoms with E-state index in [9.17, 15) is 9.18 Å². The van der Waals surface area contributed by atoms with Crippen LogP contribution in [0.15, 0.2) is 35.9 Å². The summed E-state index contributed by atoms with van der Waals surface area (Å²) in [6, 6.07) is 5.48. The molecule has 0 radical (unpaired) electrons. The van der Waals surface area contributed by atoms with Crippen molar-refractivity contribution in [2.45, 2.75) is 111 Å². The Morgan fingerprint density at radius 2 is 1.76 bits per heavy atom. The average Bonchev–Trinajstić information content (AvgIpc) is 3.23. The fourth-order valence-electron chi connectivity index (χ4n) is 9.51. The Labute approximate surface area is 229 Å². The third kappa shape index (κ3) is 5.30. The number of ether oxygens (including phenoxy) is 2. The van der Waals surface area contributed by atoms with Crippen molar-refractivity contribution in [2.24, 2.45) is 46.3 Å². The first-order chi connectivity index (χ1) is 18.1. The maximum atomic E-state index is 13.1. The first-order valence-electron chi connectivity index (χ1n) is 15.4. The number of hydrogen-bond donors (Lipinski definition) is 0. The first kappa shape index (κ1) is 27.7. The van der Waals surface area contributed by atoms with Crippen molar-refractivity contribution in [1.82, 2.24) is 0 Å². The second-order valence-electron chi connectivity index (χ2n) is 14.1. The van der Waals surface area contributed by atoms with Gasteiger partial charge in [0.15, 0.2) is 0 Å². The third-order valence-corrected chi connectivity index (χ3v) is 11.5. The monoisotopic (exact) mass is 524 g/mol. The highest BCUT2D eigenvalue weighted by molar-refractivity contribution is 5.64. The molecule has 4 aliphatic rings. The Balaban J connectivity index is 1.21. The smallest absolute Gasteiger partial charge is 0.430 e. The molecule has 210 valence electrons. The zero-order valence-corrected chi connectivity index (χ0v) is 24.3. The van der Waals surface area contributed by atoms with Gasteiger partial charge in [-0.25, -0.2) is 9.18 Å². The summed E-state index contributed by atoms with van der Waals surface area (Å²) in [6.45, 7) is 12.4. The van der Waals surface area contributed by atoms with E-state index in [4.69, 9.17) is 9.47 Å². The van der Waals surface area contributed by atoms with E-state index in [1.54, 1.807) is 0 Å². The van der Waals surface area contributed by atoms with Gasteiger partial charge in [0.05, 0.1) is 0 Å². The van der Waals surface area contributed by atoms with E-state index < -0.39 is 6.16 Å². The van der Waals surface area contributed by atoms with Gasteiger partial charge in [-0.1, -0.05) is 65.5 Å². The van der Waals surface area contributed by atoms with Crippen molar-refractivity contribution in [3.05, 3.63) is 41.7 Å². The van der Waals surface area contributed by atoms with Crippen LogP contribution < -0.4 is 4.74 Å². The highest BCUT2D eigenvalue weighted by Gasteiger charge is 2.59. The van der Waals surface area contributed by atoms with Gasteiger partial charge in [-0.15, -0.1) is 0 Å². The number of fused-ring (bicyclic) bond motifs is 5. The molecule has 0 bridgehead atoms. The third-order valence-electron chi connectivity index (χ3n) is 11.5. The molecule has 0 amide bonds. The minimum absolute atomic E-state index is 0.143. The molecule has 3 fully saturated rings. The summed E-state index contributed by atoms with van der Waals surface area (Å²) in [5, 5.41) is 0. The highest BCUT2D eigenvalue weighted by atomic mass is 19.1. The first-order valence-corrected chi connectivity index (χ1v) is 15.4. The maximum absolute atomic E-state index is 13.1. The predicted octanol–water partition coefficient (Wildman–Crippen LogP) is 9.75. The lowest BCUT2D eigenvalue weighted by Gasteiger charge is -2.58. The van der Waals surface area contributed by atoms with E-state index in [0.29, 0.717) is 11.2 Å². The quantitative estimate of drug-likeness (QED) is 0.202. The van der Waals surface area contributed by atoms with Crippen molar-refractivity contribution >= 4 is 6.16 Å². The average molecular weight is 525 g/mol. The number of carbonyl (C=O) groups is 1. The molecule has 0 spiro atoms. The molecule has 1 aromatic carbocycles. The van der Waals surface area contributed by atoms with Crippen molar-refractivity contribution in [3.8, 4) is 5.75 Å². The molecule has 0 unspecified atom stereocenters. The van der Waals surface area contributed by atoms with Crippen LogP contribution in [0, 0.1) is 52.2 Å². The van der Waals surface area contributed by atoms with Crippen LogP contribution in [0.3, 0.4) is 0 Å². The van der Waals surface area contributed by atoms with Crippen LogP contribution in [0.5, 0.6) is 5.75 Å². The summed E-state index contributed by atoms with van der Waals surface area (Å²) in [6.07, 6.45) is 15.4. The van der Waals surface area contributed by atoms with E-state index in [0.717, 1.165) is 54.8 Å². The summed E-state index contributed by atoms with van der Waals surface area (Å²) in [7, 11) is 0. The Kier molecular flexibility index (Phi) is 8.00. The largest absolute Gasteiger partial charge is 0.514 e. The van der Waals surface area contributed by atoms with Crippen LogP contribution in [-0.2, 0) is 4.74 Å². The fourth-order valence-corrected chi connectivity index (χ4v) is 9.51. The summed E-state index contributed by atoms with van der Waals surface area (Å²) in [5.41, 5.74) is 2.24. The van der Waals surface area contributed by atoms with Crippen LogP contribution >= 0.6 is 0 Å². The molecule has 0 heterocycles. The molecule has 38 heavy (non-hydrogen) atoms. The number of halogens is 1. The molecule has 5 rings (SSSR count). The Bertz CT molecular complexity index is 1020. The second-order valence-corrected chi connectivity index (χ2v) is 14.1. The van der Waals surface area contributed by atoms with Crippen molar-refractivity contribution < 1.29 is 18.7 Å². The summed E-state index contributed by atoms with van der Waals surface area (Å²) in [5.74, 6) is 4.91. The number of benzene rings is 1. The van der Waals surface area contributed by atoms with Gasteiger partial charge in [0.1, 0.15) is 17.7 Å². The Morgan fingerprint density at radius 1 is 1.00 bits per heavy atom.